The van der Waals surface area contributed by atoms with Crippen molar-refractivity contribution in [2.45, 2.75) is 38.0 Å². The number of anilines is 1. The molecule has 25 heavy (non-hydrogen) atoms. The number of fused-ring (bicyclic) bond motifs is 1. The Morgan fingerprint density at radius 2 is 1.84 bits per heavy atom. The van der Waals surface area contributed by atoms with Gasteiger partial charge >= 0.3 is 0 Å². The van der Waals surface area contributed by atoms with Crippen LogP contribution in [-0.4, -0.2) is 10.9 Å². The van der Waals surface area contributed by atoms with E-state index in [-0.39, 0.29) is 11.7 Å². The van der Waals surface area contributed by atoms with Crippen LogP contribution in [-0.2, 0) is 0 Å². The van der Waals surface area contributed by atoms with Gasteiger partial charge in [-0.05, 0) is 54.7 Å². The van der Waals surface area contributed by atoms with Crippen LogP contribution in [0.2, 0.25) is 0 Å². The first-order valence-corrected chi connectivity index (χ1v) is 9.48. The van der Waals surface area contributed by atoms with Gasteiger partial charge in [-0.2, -0.15) is 0 Å². The average molecular weight is 354 g/mol. The van der Waals surface area contributed by atoms with Gasteiger partial charge in [0.2, 0.25) is 0 Å². The van der Waals surface area contributed by atoms with Crippen LogP contribution in [0.4, 0.5) is 9.52 Å². The molecule has 0 bridgehead atoms. The SMILES string of the molecule is O=C(Nc1nc2ccc(F)cc2s1)c1ccc(C2CCCCC2)cc1. The van der Waals surface area contributed by atoms with E-state index in [1.807, 2.05) is 12.1 Å². The molecule has 1 aliphatic rings. The molecule has 1 N–H and O–H groups in total. The van der Waals surface area contributed by atoms with Crippen molar-refractivity contribution in [3.05, 3.63) is 59.4 Å². The van der Waals surface area contributed by atoms with Gasteiger partial charge in [-0.15, -0.1) is 0 Å². The zero-order valence-corrected chi connectivity index (χ0v) is 14.6. The second kappa shape index (κ2) is 6.92. The first kappa shape index (κ1) is 16.2. The number of nitrogens with one attached hydrogen (secondary N) is 1. The molecule has 0 radical (unpaired) electrons. The minimum atomic E-state index is -0.299. The summed E-state index contributed by atoms with van der Waals surface area (Å²) in [6.45, 7) is 0. The first-order chi connectivity index (χ1) is 12.2. The maximum absolute atomic E-state index is 13.3. The smallest absolute Gasteiger partial charge is 0.257 e. The Labute approximate surface area is 149 Å². The number of hydrogen-bond acceptors (Lipinski definition) is 3. The van der Waals surface area contributed by atoms with E-state index in [4.69, 9.17) is 0 Å². The van der Waals surface area contributed by atoms with Crippen molar-refractivity contribution >= 4 is 32.6 Å². The second-order valence-corrected chi connectivity index (χ2v) is 7.57. The van der Waals surface area contributed by atoms with Crippen LogP contribution in [0.5, 0.6) is 0 Å². The molecule has 1 amide bonds. The van der Waals surface area contributed by atoms with Gasteiger partial charge in [0.25, 0.3) is 5.91 Å². The molecule has 1 aromatic heterocycles. The van der Waals surface area contributed by atoms with Crippen molar-refractivity contribution in [2.75, 3.05) is 5.32 Å². The molecule has 4 rings (SSSR count). The van der Waals surface area contributed by atoms with E-state index in [2.05, 4.69) is 22.4 Å². The summed E-state index contributed by atoms with van der Waals surface area (Å²) in [6, 6.07) is 12.3. The molecule has 3 aromatic rings. The van der Waals surface area contributed by atoms with E-state index in [9.17, 15) is 9.18 Å². The predicted molar refractivity (Wildman–Crippen MR) is 99.8 cm³/mol. The molecule has 1 saturated carbocycles. The predicted octanol–water partition coefficient (Wildman–Crippen LogP) is 5.74. The van der Waals surface area contributed by atoms with Crippen molar-refractivity contribution in [3.8, 4) is 0 Å². The summed E-state index contributed by atoms with van der Waals surface area (Å²) in [5.41, 5.74) is 2.63. The minimum Gasteiger partial charge on any atom is -0.298 e. The summed E-state index contributed by atoms with van der Waals surface area (Å²) < 4.78 is 14.0. The highest BCUT2D eigenvalue weighted by Crippen LogP contribution is 2.32. The lowest BCUT2D eigenvalue weighted by atomic mass is 9.84. The zero-order chi connectivity index (χ0) is 17.2. The van der Waals surface area contributed by atoms with E-state index < -0.39 is 0 Å². The van der Waals surface area contributed by atoms with Crippen molar-refractivity contribution in [3.63, 3.8) is 0 Å². The average Bonchev–Trinajstić information content (AvgIpc) is 3.04. The van der Waals surface area contributed by atoms with E-state index in [0.29, 0.717) is 22.1 Å². The van der Waals surface area contributed by atoms with Gasteiger partial charge in [-0.25, -0.2) is 9.37 Å². The largest absolute Gasteiger partial charge is 0.298 e. The summed E-state index contributed by atoms with van der Waals surface area (Å²) in [7, 11) is 0. The highest BCUT2D eigenvalue weighted by molar-refractivity contribution is 7.22. The highest BCUT2D eigenvalue weighted by Gasteiger charge is 2.16. The molecule has 0 unspecified atom stereocenters. The van der Waals surface area contributed by atoms with Gasteiger partial charge in [0.15, 0.2) is 5.13 Å². The molecule has 5 heteroatoms. The molecule has 1 aliphatic carbocycles. The number of amides is 1. The Hall–Kier alpha value is -2.27. The number of nitrogens with zero attached hydrogens (tertiary/aromatic N) is 1. The van der Waals surface area contributed by atoms with Crippen LogP contribution >= 0.6 is 11.3 Å². The number of benzene rings is 2. The lowest BCUT2D eigenvalue weighted by Gasteiger charge is -2.22. The van der Waals surface area contributed by atoms with Gasteiger partial charge in [0.1, 0.15) is 5.82 Å². The minimum absolute atomic E-state index is 0.185. The Bertz CT molecular complexity index is 898. The van der Waals surface area contributed by atoms with Crippen LogP contribution in [0.15, 0.2) is 42.5 Å². The number of rotatable bonds is 3. The quantitative estimate of drug-likeness (QED) is 0.652. The number of carbonyl (C=O) groups is 1. The fraction of sp³-hybridized carbons (Fsp3) is 0.300. The molecule has 0 atom stereocenters. The summed E-state index contributed by atoms with van der Waals surface area (Å²) in [5, 5.41) is 3.30. The van der Waals surface area contributed by atoms with E-state index in [0.717, 1.165) is 4.70 Å². The summed E-state index contributed by atoms with van der Waals surface area (Å²) >= 11 is 1.28. The Kier molecular flexibility index (Phi) is 4.49. The Morgan fingerprint density at radius 3 is 2.60 bits per heavy atom. The molecule has 1 heterocycles. The lowest BCUT2D eigenvalue weighted by Crippen LogP contribution is -2.12. The number of hydrogen-bond donors (Lipinski definition) is 1. The highest BCUT2D eigenvalue weighted by atomic mass is 32.1. The van der Waals surface area contributed by atoms with E-state index in [1.54, 1.807) is 6.07 Å². The lowest BCUT2D eigenvalue weighted by molar-refractivity contribution is 0.102. The topological polar surface area (TPSA) is 42.0 Å². The summed E-state index contributed by atoms with van der Waals surface area (Å²) in [6.07, 6.45) is 6.42. The monoisotopic (exact) mass is 354 g/mol. The molecule has 128 valence electrons. The standard InChI is InChI=1S/C20H19FN2OS/c21-16-10-11-17-18(12-16)25-20(22-17)23-19(24)15-8-6-14(7-9-15)13-4-2-1-3-5-13/h6-13H,1-5H2,(H,22,23,24). The van der Waals surface area contributed by atoms with Crippen LogP contribution in [0.3, 0.4) is 0 Å². The van der Waals surface area contributed by atoms with Crippen LogP contribution in [0.25, 0.3) is 10.2 Å². The molecular formula is C20H19FN2OS. The molecule has 2 aromatic carbocycles. The molecule has 0 aliphatic heterocycles. The number of halogens is 1. The van der Waals surface area contributed by atoms with Gasteiger partial charge in [-0.3, -0.25) is 10.1 Å². The van der Waals surface area contributed by atoms with Crippen LogP contribution in [0.1, 0.15) is 53.9 Å². The molecule has 3 nitrogen and oxygen atoms in total. The van der Waals surface area contributed by atoms with Crippen LogP contribution in [0, 0.1) is 5.82 Å². The maximum atomic E-state index is 13.3. The Morgan fingerprint density at radius 1 is 1.08 bits per heavy atom. The van der Waals surface area contributed by atoms with Gasteiger partial charge in [0.05, 0.1) is 10.2 Å². The van der Waals surface area contributed by atoms with Crippen molar-refractivity contribution in [2.24, 2.45) is 0 Å². The third kappa shape index (κ3) is 3.56. The van der Waals surface area contributed by atoms with Gasteiger partial charge in [0, 0.05) is 5.56 Å². The third-order valence-corrected chi connectivity index (χ3v) is 5.75. The number of thiazole rings is 1. The number of carbonyl (C=O) groups excluding carboxylic acids is 1. The Balaban J connectivity index is 1.48. The molecular weight excluding hydrogens is 335 g/mol. The fourth-order valence-electron chi connectivity index (χ4n) is 3.46. The normalized spacial score (nSPS) is 15.4. The summed E-state index contributed by atoms with van der Waals surface area (Å²) in [4.78, 5) is 16.8. The fourth-order valence-corrected chi connectivity index (χ4v) is 4.35. The number of aromatic nitrogens is 1. The van der Waals surface area contributed by atoms with E-state index >= 15 is 0 Å². The van der Waals surface area contributed by atoms with E-state index in [1.165, 1.54) is 61.1 Å². The van der Waals surface area contributed by atoms with Crippen LogP contribution < -0.4 is 5.32 Å². The van der Waals surface area contributed by atoms with Crippen molar-refractivity contribution < 1.29 is 9.18 Å². The molecule has 0 saturated heterocycles. The maximum Gasteiger partial charge on any atom is 0.257 e. The first-order valence-electron chi connectivity index (χ1n) is 8.66. The van der Waals surface area contributed by atoms with Crippen molar-refractivity contribution in [1.29, 1.82) is 0 Å². The summed E-state index contributed by atoms with van der Waals surface area (Å²) in [5.74, 6) is 0.145. The third-order valence-electron chi connectivity index (χ3n) is 4.82. The zero-order valence-electron chi connectivity index (χ0n) is 13.8. The van der Waals surface area contributed by atoms with Gasteiger partial charge < -0.3 is 0 Å². The van der Waals surface area contributed by atoms with Gasteiger partial charge in [-0.1, -0.05) is 42.7 Å². The molecule has 0 spiro atoms. The molecule has 1 fully saturated rings. The second-order valence-electron chi connectivity index (χ2n) is 6.54. The van der Waals surface area contributed by atoms with Crippen molar-refractivity contribution in [1.82, 2.24) is 4.98 Å².